The van der Waals surface area contributed by atoms with Crippen molar-refractivity contribution < 1.29 is 14.6 Å². The van der Waals surface area contributed by atoms with Gasteiger partial charge in [-0.3, -0.25) is 0 Å². The first-order valence-corrected chi connectivity index (χ1v) is 4.20. The molecule has 0 aliphatic carbocycles. The minimum absolute atomic E-state index is 0.934. The Bertz CT molecular complexity index is 262. The molecule has 0 fully saturated rings. The van der Waals surface area contributed by atoms with Gasteiger partial charge in [0, 0.05) is 4.90 Å². The normalized spacial score (nSPS) is 10.2. The van der Waals surface area contributed by atoms with Crippen molar-refractivity contribution in [2.24, 2.45) is 0 Å². The van der Waals surface area contributed by atoms with Gasteiger partial charge in [0.25, 0.3) is 0 Å². The lowest BCUT2D eigenvalue weighted by Crippen LogP contribution is -1.83. The van der Waals surface area contributed by atoms with E-state index in [9.17, 15) is 0 Å². The molecule has 0 amide bonds. The van der Waals surface area contributed by atoms with E-state index in [1.807, 2.05) is 32.0 Å². The van der Waals surface area contributed by atoms with Crippen LogP contribution in [0, 0.1) is 13.8 Å². The van der Waals surface area contributed by atoms with Crippen LogP contribution in [0.2, 0.25) is 0 Å². The van der Waals surface area contributed by atoms with E-state index in [0.717, 1.165) is 28.1 Å². The van der Waals surface area contributed by atoms with Gasteiger partial charge in [-0.25, -0.2) is 5.26 Å². The summed E-state index contributed by atoms with van der Waals surface area (Å²) in [6.45, 7) is 3.95. The molecule has 1 N–H and O–H groups in total. The van der Waals surface area contributed by atoms with E-state index >= 15 is 0 Å². The molecule has 66 valence electrons. The van der Waals surface area contributed by atoms with Gasteiger partial charge in [-0.1, -0.05) is 17.2 Å². The average molecular weight is 186 g/mol. The summed E-state index contributed by atoms with van der Waals surface area (Å²) in [6, 6.07) is 5.95. The lowest BCUT2D eigenvalue weighted by molar-refractivity contribution is -0.432. The second-order valence-corrected chi connectivity index (χ2v) is 3.24. The van der Waals surface area contributed by atoms with Crippen LogP contribution in [-0.4, -0.2) is 5.26 Å². The highest BCUT2D eigenvalue weighted by atomic mass is 32.2. The van der Waals surface area contributed by atoms with Crippen LogP contribution in [-0.2, 0) is 9.37 Å². The molecular weight excluding hydrogens is 176 g/mol. The van der Waals surface area contributed by atoms with Crippen LogP contribution in [0.25, 0.3) is 0 Å². The van der Waals surface area contributed by atoms with Gasteiger partial charge < -0.3 is 0 Å². The molecular formula is C8H10O3S. The number of hydrogen-bond acceptors (Lipinski definition) is 4. The third kappa shape index (κ3) is 2.49. The molecule has 0 bridgehead atoms. The molecule has 0 spiro atoms. The van der Waals surface area contributed by atoms with Gasteiger partial charge in [-0.2, -0.15) is 0 Å². The first-order chi connectivity index (χ1) is 5.74. The molecule has 0 saturated carbocycles. The molecule has 3 nitrogen and oxygen atoms in total. The van der Waals surface area contributed by atoms with Crippen molar-refractivity contribution in [3.63, 3.8) is 0 Å². The van der Waals surface area contributed by atoms with Gasteiger partial charge in [0.05, 0.1) is 12.0 Å². The maximum atomic E-state index is 7.94. The van der Waals surface area contributed by atoms with Crippen LogP contribution in [0.4, 0.5) is 0 Å². The smallest absolute Gasteiger partial charge is 0.0717 e. The minimum Gasteiger partial charge on any atom is -0.220 e. The first-order valence-electron chi connectivity index (χ1n) is 3.46. The lowest BCUT2D eigenvalue weighted by Gasteiger charge is -2.02. The van der Waals surface area contributed by atoms with Crippen molar-refractivity contribution >= 4 is 12.0 Å². The summed E-state index contributed by atoms with van der Waals surface area (Å²) in [5.74, 6) is 0. The Balaban J connectivity index is 2.75. The zero-order valence-corrected chi connectivity index (χ0v) is 7.72. The summed E-state index contributed by atoms with van der Waals surface area (Å²) >= 11 is 0.989. The van der Waals surface area contributed by atoms with Gasteiger partial charge in [-0.15, -0.1) is 4.33 Å². The quantitative estimate of drug-likeness (QED) is 0.447. The van der Waals surface area contributed by atoms with Crippen molar-refractivity contribution in [1.29, 1.82) is 0 Å². The Hall–Kier alpha value is -0.550. The molecule has 0 saturated heterocycles. The first kappa shape index (κ1) is 9.54. The van der Waals surface area contributed by atoms with Crippen molar-refractivity contribution in [1.82, 2.24) is 0 Å². The second-order valence-electron chi connectivity index (χ2n) is 2.49. The van der Waals surface area contributed by atoms with E-state index in [1.165, 1.54) is 0 Å². The molecule has 0 unspecified atom stereocenters. The van der Waals surface area contributed by atoms with Crippen molar-refractivity contribution in [2.75, 3.05) is 0 Å². The predicted molar refractivity (Wildman–Crippen MR) is 46.6 cm³/mol. The Labute approximate surface area is 75.4 Å². The molecule has 1 aromatic rings. The number of aryl methyl sites for hydroxylation is 2. The van der Waals surface area contributed by atoms with Crippen molar-refractivity contribution in [3.8, 4) is 0 Å². The fourth-order valence-electron chi connectivity index (χ4n) is 0.849. The zero-order chi connectivity index (χ0) is 8.97. The van der Waals surface area contributed by atoms with Gasteiger partial charge >= 0.3 is 0 Å². The number of hydrogen-bond donors (Lipinski definition) is 1. The Morgan fingerprint density at radius 3 is 2.75 bits per heavy atom. The molecule has 12 heavy (non-hydrogen) atoms. The monoisotopic (exact) mass is 186 g/mol. The van der Waals surface area contributed by atoms with Gasteiger partial charge in [0.1, 0.15) is 0 Å². The average Bonchev–Trinajstić information content (AvgIpc) is 2.07. The summed E-state index contributed by atoms with van der Waals surface area (Å²) in [5, 5.41) is 11.4. The summed E-state index contributed by atoms with van der Waals surface area (Å²) < 4.78 is 4.33. The molecule has 1 rings (SSSR count). The summed E-state index contributed by atoms with van der Waals surface area (Å²) in [7, 11) is 0. The number of rotatable bonds is 3. The van der Waals surface area contributed by atoms with Crippen LogP contribution in [0.5, 0.6) is 0 Å². The van der Waals surface area contributed by atoms with Crippen LogP contribution in [0.15, 0.2) is 23.1 Å². The van der Waals surface area contributed by atoms with E-state index in [2.05, 4.69) is 9.37 Å². The second kappa shape index (κ2) is 4.47. The van der Waals surface area contributed by atoms with Crippen LogP contribution in [0.3, 0.4) is 0 Å². The third-order valence-electron chi connectivity index (χ3n) is 1.50. The maximum absolute atomic E-state index is 7.94. The zero-order valence-electron chi connectivity index (χ0n) is 6.90. The van der Waals surface area contributed by atoms with Crippen molar-refractivity contribution in [3.05, 3.63) is 29.3 Å². The summed E-state index contributed by atoms with van der Waals surface area (Å²) in [4.78, 5) is 0.934. The molecule has 0 aliphatic rings. The largest absolute Gasteiger partial charge is 0.220 e. The fraction of sp³-hybridized carbons (Fsp3) is 0.250. The molecule has 0 heterocycles. The molecule has 1 aromatic carbocycles. The van der Waals surface area contributed by atoms with E-state index < -0.39 is 0 Å². The minimum atomic E-state index is 0.934. The molecule has 0 atom stereocenters. The SMILES string of the molecule is Cc1ccc(C)c(SOOO)c1. The molecule has 0 aliphatic heterocycles. The summed E-state index contributed by atoms with van der Waals surface area (Å²) in [5.41, 5.74) is 2.23. The van der Waals surface area contributed by atoms with Gasteiger partial charge in [0.2, 0.25) is 0 Å². The number of benzene rings is 1. The Kier molecular flexibility index (Phi) is 3.55. The van der Waals surface area contributed by atoms with E-state index in [1.54, 1.807) is 0 Å². The highest BCUT2D eigenvalue weighted by Crippen LogP contribution is 2.23. The topological polar surface area (TPSA) is 38.7 Å². The van der Waals surface area contributed by atoms with Gasteiger partial charge in [-0.05, 0) is 31.0 Å². The van der Waals surface area contributed by atoms with Crippen LogP contribution in [0.1, 0.15) is 11.1 Å². The third-order valence-corrected chi connectivity index (χ3v) is 2.25. The van der Waals surface area contributed by atoms with Crippen LogP contribution >= 0.6 is 12.0 Å². The molecule has 4 heteroatoms. The van der Waals surface area contributed by atoms with E-state index in [4.69, 9.17) is 5.26 Å². The van der Waals surface area contributed by atoms with E-state index in [-0.39, 0.29) is 0 Å². The highest BCUT2D eigenvalue weighted by Gasteiger charge is 2.00. The van der Waals surface area contributed by atoms with Crippen molar-refractivity contribution in [2.45, 2.75) is 18.7 Å². The Morgan fingerprint density at radius 1 is 1.33 bits per heavy atom. The maximum Gasteiger partial charge on any atom is 0.0717 e. The van der Waals surface area contributed by atoms with E-state index in [0.29, 0.717) is 0 Å². The fourth-order valence-corrected chi connectivity index (χ4v) is 1.39. The Morgan fingerprint density at radius 2 is 2.08 bits per heavy atom. The molecule has 0 radical (unpaired) electrons. The lowest BCUT2D eigenvalue weighted by atomic mass is 10.2. The highest BCUT2D eigenvalue weighted by molar-refractivity contribution is 7.94. The van der Waals surface area contributed by atoms with Gasteiger partial charge in [0.15, 0.2) is 0 Å². The predicted octanol–water partition coefficient (Wildman–Crippen LogP) is 2.73. The van der Waals surface area contributed by atoms with Crippen LogP contribution < -0.4 is 0 Å². The molecule has 0 aromatic heterocycles. The standard InChI is InChI=1S/C8H10O3S/c1-6-3-4-7(2)8(5-6)12-11-10-9/h3-5,9H,1-2H3. The summed E-state index contributed by atoms with van der Waals surface area (Å²) in [6.07, 6.45) is 0.